The van der Waals surface area contributed by atoms with Crippen molar-refractivity contribution in [2.75, 3.05) is 53.8 Å². The molecular weight excluding hydrogens is 589 g/mol. The summed E-state index contributed by atoms with van der Waals surface area (Å²) in [6.45, 7) is 4.33. The maximum absolute atomic E-state index is 13.4. The van der Waals surface area contributed by atoms with Gasteiger partial charge in [-0.3, -0.25) is 9.69 Å². The molecule has 0 aliphatic carbocycles. The normalized spacial score (nSPS) is 16.5. The number of aromatic nitrogens is 1. The minimum absolute atomic E-state index is 0.0989. The van der Waals surface area contributed by atoms with Crippen molar-refractivity contribution < 1.29 is 27.5 Å². The highest BCUT2D eigenvalue weighted by Gasteiger charge is 2.37. The fourth-order valence-corrected chi connectivity index (χ4v) is 5.19. The van der Waals surface area contributed by atoms with Crippen LogP contribution in [-0.4, -0.2) is 60.6 Å². The van der Waals surface area contributed by atoms with Crippen molar-refractivity contribution in [3.63, 3.8) is 0 Å². The van der Waals surface area contributed by atoms with Crippen LogP contribution in [-0.2, 0) is 10.9 Å². The second-order valence-corrected chi connectivity index (χ2v) is 10.4. The van der Waals surface area contributed by atoms with E-state index in [0.717, 1.165) is 11.8 Å². The summed E-state index contributed by atoms with van der Waals surface area (Å²) in [6, 6.07) is 12.7. The van der Waals surface area contributed by atoms with E-state index in [1.165, 1.54) is 24.4 Å². The number of benzene rings is 2. The van der Waals surface area contributed by atoms with Gasteiger partial charge < -0.3 is 25.6 Å². The lowest BCUT2D eigenvalue weighted by molar-refractivity contribution is -0.136. The number of hydrogen-bond acceptors (Lipinski definition) is 8. The van der Waals surface area contributed by atoms with Gasteiger partial charge in [-0.05, 0) is 48.9 Å². The quantitative estimate of drug-likeness (QED) is 0.324. The molecule has 0 atom stereocenters. The molecule has 3 aliphatic rings. The van der Waals surface area contributed by atoms with Crippen LogP contribution in [0.4, 0.5) is 40.8 Å². The summed E-state index contributed by atoms with van der Waals surface area (Å²) >= 11 is 0. The van der Waals surface area contributed by atoms with E-state index in [2.05, 4.69) is 25.9 Å². The number of aliphatic imine (C=N–C) groups is 1. The molecule has 0 spiro atoms. The molecule has 1 fully saturated rings. The van der Waals surface area contributed by atoms with E-state index in [-0.39, 0.29) is 11.6 Å². The topological polar surface area (TPSA) is 117 Å². The maximum Gasteiger partial charge on any atom is 0.418 e. The molecule has 3 aliphatic heterocycles. The van der Waals surface area contributed by atoms with Crippen LogP contribution in [0, 0.1) is 6.92 Å². The van der Waals surface area contributed by atoms with Crippen molar-refractivity contribution >= 4 is 40.7 Å². The first kappa shape index (κ1) is 29.8. The predicted octanol–water partition coefficient (Wildman–Crippen LogP) is 5.28. The van der Waals surface area contributed by atoms with E-state index in [1.54, 1.807) is 35.4 Å². The number of para-hydroxylation sites is 1. The molecule has 6 rings (SSSR count). The number of morpholine rings is 1. The summed E-state index contributed by atoms with van der Waals surface area (Å²) in [4.78, 5) is 40.1. The highest BCUT2D eigenvalue weighted by Crippen LogP contribution is 2.35. The number of alkyl halides is 3. The zero-order valence-electron chi connectivity index (χ0n) is 24.1. The number of nitrogens with one attached hydrogen (secondary N) is 3. The number of halogens is 3. The van der Waals surface area contributed by atoms with E-state index in [4.69, 9.17) is 4.74 Å². The monoisotopic (exact) mass is 618 g/mol. The third-order valence-corrected chi connectivity index (χ3v) is 7.46. The van der Waals surface area contributed by atoms with Crippen LogP contribution in [0.2, 0.25) is 0 Å². The Bertz CT molecular complexity index is 1700. The standard InChI is InChI=1S/C31H29F3N8O3/c1-20-23(38-30(44)39-24-6-3-2-5-22(24)31(32,33)34)7-4-8-26(20)42-18-25(28-35-11-12-41(28)19-42)37-27-10-9-21(17-36-27)29(43)40-13-15-45-16-14-40/h2-12,17-18H,13-16,19H2,1H3,(H,36,37)(H2,38,39,44)/q+1. The Hall–Kier alpha value is -5.21. The zero-order chi connectivity index (χ0) is 31.6. The molecule has 1 aromatic heterocycles. The van der Waals surface area contributed by atoms with E-state index in [0.29, 0.717) is 67.1 Å². The Morgan fingerprint density at radius 1 is 0.978 bits per heavy atom. The van der Waals surface area contributed by atoms with Gasteiger partial charge in [-0.2, -0.15) is 18.2 Å². The summed E-state index contributed by atoms with van der Waals surface area (Å²) in [5.74, 6) is 1.09. The van der Waals surface area contributed by atoms with E-state index < -0.39 is 17.8 Å². The zero-order valence-corrected chi connectivity index (χ0v) is 24.1. The largest absolute Gasteiger partial charge is 0.418 e. The Morgan fingerprint density at radius 2 is 1.73 bits per heavy atom. The van der Waals surface area contributed by atoms with Crippen LogP contribution in [0.5, 0.6) is 0 Å². The van der Waals surface area contributed by atoms with Crippen molar-refractivity contribution in [3.05, 3.63) is 102 Å². The third kappa shape index (κ3) is 6.51. The van der Waals surface area contributed by atoms with Crippen molar-refractivity contribution in [2.24, 2.45) is 4.99 Å². The van der Waals surface area contributed by atoms with Crippen molar-refractivity contribution in [1.82, 2.24) is 14.8 Å². The molecule has 11 nitrogen and oxygen atoms in total. The van der Waals surface area contributed by atoms with Gasteiger partial charge in [0.2, 0.25) is 6.67 Å². The summed E-state index contributed by atoms with van der Waals surface area (Å²) in [5.41, 5.74) is 1.72. The molecule has 231 valence electrons. The van der Waals surface area contributed by atoms with Gasteiger partial charge in [0.1, 0.15) is 11.5 Å². The van der Waals surface area contributed by atoms with Crippen LogP contribution in [0.15, 0.2) is 90.1 Å². The number of rotatable bonds is 6. The molecule has 3 N–H and O–H groups in total. The highest BCUT2D eigenvalue weighted by atomic mass is 19.4. The van der Waals surface area contributed by atoms with Crippen LogP contribution >= 0.6 is 0 Å². The molecule has 3 aromatic rings. The SMILES string of the molecule is Cc1c(NC(=O)Nc2ccccc2C(F)(F)F)cccc1N1C=C(Nc2ccc(C(=O)N3CCOCC3)cn2)C2=NC=C[N+]2C1. The van der Waals surface area contributed by atoms with Gasteiger partial charge in [-0.25, -0.2) is 9.78 Å². The number of carbonyl (C=O) groups excluding carboxylic acids is 2. The number of anilines is 4. The number of ether oxygens (including phenoxy) is 1. The summed E-state index contributed by atoms with van der Waals surface area (Å²) in [5, 5.41) is 8.27. The fourth-order valence-electron chi connectivity index (χ4n) is 5.19. The Balaban J connectivity index is 1.19. The molecule has 0 unspecified atom stereocenters. The molecule has 1 radical (unpaired) electrons. The van der Waals surface area contributed by atoms with Gasteiger partial charge in [0.05, 0.1) is 41.9 Å². The van der Waals surface area contributed by atoms with E-state index in [9.17, 15) is 22.8 Å². The number of amides is 3. The predicted molar refractivity (Wildman–Crippen MR) is 164 cm³/mol. The smallest absolute Gasteiger partial charge is 0.378 e. The van der Waals surface area contributed by atoms with Crippen LogP contribution in [0.3, 0.4) is 0 Å². The minimum atomic E-state index is -4.61. The fraction of sp³-hybridized carbons (Fsp3) is 0.226. The lowest BCUT2D eigenvalue weighted by atomic mass is 10.1. The molecule has 0 saturated carbocycles. The Kier molecular flexibility index (Phi) is 8.24. The summed E-state index contributed by atoms with van der Waals surface area (Å²) in [7, 11) is 0. The first-order valence-electron chi connectivity index (χ1n) is 14.1. The molecular formula is C31H29F3N8O3+. The number of urea groups is 1. The molecule has 4 heterocycles. The first-order chi connectivity index (χ1) is 21.7. The van der Waals surface area contributed by atoms with Gasteiger partial charge in [-0.15, -0.1) is 0 Å². The van der Waals surface area contributed by atoms with Gasteiger partial charge in [-0.1, -0.05) is 23.1 Å². The van der Waals surface area contributed by atoms with Crippen LogP contribution in [0.1, 0.15) is 21.5 Å². The van der Waals surface area contributed by atoms with E-state index in [1.807, 2.05) is 35.2 Å². The Morgan fingerprint density at radius 3 is 2.49 bits per heavy atom. The average Bonchev–Trinajstić information content (AvgIpc) is 3.52. The highest BCUT2D eigenvalue weighted by molar-refractivity contribution is 6.06. The number of hydrogen-bond donors (Lipinski definition) is 3. The van der Waals surface area contributed by atoms with E-state index >= 15 is 0 Å². The molecule has 45 heavy (non-hydrogen) atoms. The number of nitrogens with zero attached hydrogens (tertiary/aromatic N) is 5. The molecule has 0 bridgehead atoms. The Labute approximate surface area is 256 Å². The number of pyridine rings is 1. The van der Waals surface area contributed by atoms with Gasteiger partial charge in [0.15, 0.2) is 6.20 Å². The third-order valence-electron chi connectivity index (χ3n) is 7.46. The van der Waals surface area contributed by atoms with Crippen molar-refractivity contribution in [3.8, 4) is 0 Å². The second-order valence-electron chi connectivity index (χ2n) is 10.4. The van der Waals surface area contributed by atoms with Crippen molar-refractivity contribution in [1.29, 1.82) is 0 Å². The first-order valence-corrected chi connectivity index (χ1v) is 14.1. The van der Waals surface area contributed by atoms with Crippen LogP contribution in [0.25, 0.3) is 0 Å². The lowest BCUT2D eigenvalue weighted by Gasteiger charge is -2.28. The summed E-state index contributed by atoms with van der Waals surface area (Å²) < 4.78 is 45.5. The second kappa shape index (κ2) is 12.4. The van der Waals surface area contributed by atoms with Crippen LogP contribution < -0.4 is 25.8 Å². The summed E-state index contributed by atoms with van der Waals surface area (Å²) in [6.07, 6.45) is 2.29. The molecule has 3 amide bonds. The van der Waals surface area contributed by atoms with Crippen molar-refractivity contribution in [2.45, 2.75) is 13.1 Å². The van der Waals surface area contributed by atoms with Gasteiger partial charge >= 0.3 is 18.0 Å². The lowest BCUT2D eigenvalue weighted by Crippen LogP contribution is -2.46. The molecule has 1 saturated heterocycles. The number of fused-ring (bicyclic) bond motifs is 1. The molecule has 2 aromatic carbocycles. The number of carbonyl (C=O) groups is 2. The minimum Gasteiger partial charge on any atom is -0.378 e. The average molecular weight is 619 g/mol. The number of amidine groups is 1. The van der Waals surface area contributed by atoms with Gasteiger partial charge in [0, 0.05) is 31.2 Å². The van der Waals surface area contributed by atoms with Gasteiger partial charge in [0.25, 0.3) is 5.91 Å². The molecule has 14 heteroatoms. The maximum atomic E-state index is 13.4.